The number of imidazole rings is 1. The number of carbonyl (C=O) groups is 1. The van der Waals surface area contributed by atoms with Crippen molar-refractivity contribution in [2.75, 3.05) is 27.4 Å². The van der Waals surface area contributed by atoms with Crippen molar-refractivity contribution in [1.29, 1.82) is 0 Å². The normalized spacial score (nSPS) is 11.5. The van der Waals surface area contributed by atoms with E-state index in [0.29, 0.717) is 35.2 Å². The van der Waals surface area contributed by atoms with Gasteiger partial charge in [-0.25, -0.2) is 4.98 Å². The molecule has 9 heteroatoms. The van der Waals surface area contributed by atoms with Crippen molar-refractivity contribution in [2.24, 2.45) is 7.05 Å². The summed E-state index contributed by atoms with van der Waals surface area (Å²) in [6, 6.07) is 12.0. The number of aliphatic hydroxyl groups excluding tert-OH is 1. The molecule has 1 unspecified atom stereocenters. The van der Waals surface area contributed by atoms with Crippen molar-refractivity contribution in [1.82, 2.24) is 14.9 Å². The van der Waals surface area contributed by atoms with Gasteiger partial charge < -0.3 is 33.9 Å². The summed E-state index contributed by atoms with van der Waals surface area (Å²) in [6.07, 6.45) is 2.63. The zero-order valence-electron chi connectivity index (χ0n) is 18.3. The SMILES string of the molecule is COc1cccc(OC)c1OCC(O)CNC(=O)c1ccc(OCc2nccn2C)cc1. The third kappa shape index (κ3) is 5.92. The molecule has 1 heterocycles. The summed E-state index contributed by atoms with van der Waals surface area (Å²) < 4.78 is 23.7. The first-order valence-electron chi connectivity index (χ1n) is 10.0. The highest BCUT2D eigenvalue weighted by molar-refractivity contribution is 5.94. The first-order valence-corrected chi connectivity index (χ1v) is 10.0. The molecule has 2 N–H and O–H groups in total. The molecule has 0 spiro atoms. The van der Waals surface area contributed by atoms with E-state index in [4.69, 9.17) is 18.9 Å². The summed E-state index contributed by atoms with van der Waals surface area (Å²) in [4.78, 5) is 16.6. The predicted molar refractivity (Wildman–Crippen MR) is 117 cm³/mol. The van der Waals surface area contributed by atoms with Crippen LogP contribution in [0.5, 0.6) is 23.0 Å². The second-order valence-corrected chi connectivity index (χ2v) is 6.93. The third-order valence-corrected chi connectivity index (χ3v) is 4.71. The molecule has 170 valence electrons. The zero-order valence-corrected chi connectivity index (χ0v) is 18.3. The minimum absolute atomic E-state index is 0.0215. The van der Waals surface area contributed by atoms with Crippen LogP contribution in [0.2, 0.25) is 0 Å². The lowest BCUT2D eigenvalue weighted by atomic mass is 10.2. The van der Waals surface area contributed by atoms with Gasteiger partial charge in [-0.05, 0) is 36.4 Å². The number of nitrogens with one attached hydrogen (secondary N) is 1. The van der Waals surface area contributed by atoms with Crippen LogP contribution >= 0.6 is 0 Å². The molecule has 0 saturated carbocycles. The summed E-state index contributed by atoms with van der Waals surface area (Å²) in [7, 11) is 4.94. The fraction of sp³-hybridized carbons (Fsp3) is 0.304. The highest BCUT2D eigenvalue weighted by Crippen LogP contribution is 2.36. The average molecular weight is 441 g/mol. The molecule has 0 aliphatic carbocycles. The van der Waals surface area contributed by atoms with Gasteiger partial charge in [0.2, 0.25) is 5.75 Å². The van der Waals surface area contributed by atoms with E-state index in [0.717, 1.165) is 5.82 Å². The van der Waals surface area contributed by atoms with Gasteiger partial charge in [-0.2, -0.15) is 0 Å². The van der Waals surface area contributed by atoms with Crippen LogP contribution in [0.3, 0.4) is 0 Å². The van der Waals surface area contributed by atoms with Crippen LogP contribution in [0.1, 0.15) is 16.2 Å². The number of nitrogens with zero attached hydrogens (tertiary/aromatic N) is 2. The minimum Gasteiger partial charge on any atom is -0.493 e. The molecule has 1 aromatic heterocycles. The largest absolute Gasteiger partial charge is 0.493 e. The standard InChI is InChI=1S/C23H27N3O6/c1-26-12-11-24-21(26)15-31-18-9-7-16(8-10-18)23(28)25-13-17(27)14-32-22-19(29-2)5-4-6-20(22)30-3/h4-12,17,27H,13-15H2,1-3H3,(H,25,28). The number of rotatable bonds is 11. The van der Waals surface area contributed by atoms with Gasteiger partial charge in [0.15, 0.2) is 11.5 Å². The van der Waals surface area contributed by atoms with E-state index in [1.54, 1.807) is 48.7 Å². The second kappa shape index (κ2) is 11.1. The van der Waals surface area contributed by atoms with Gasteiger partial charge in [-0.15, -0.1) is 0 Å². The van der Waals surface area contributed by atoms with Crippen molar-refractivity contribution in [3.8, 4) is 23.0 Å². The van der Waals surface area contributed by atoms with Crippen LogP contribution in [-0.2, 0) is 13.7 Å². The Morgan fingerprint density at radius 2 is 1.78 bits per heavy atom. The lowest BCUT2D eigenvalue weighted by molar-refractivity contribution is 0.0833. The Bertz CT molecular complexity index is 997. The molecule has 1 amide bonds. The molecule has 0 radical (unpaired) electrons. The lowest BCUT2D eigenvalue weighted by Gasteiger charge is -2.17. The Balaban J connectivity index is 1.46. The molecule has 0 saturated heterocycles. The molecule has 0 fully saturated rings. The minimum atomic E-state index is -0.922. The first kappa shape index (κ1) is 23.0. The van der Waals surface area contributed by atoms with Crippen molar-refractivity contribution in [3.63, 3.8) is 0 Å². The van der Waals surface area contributed by atoms with E-state index in [1.807, 2.05) is 17.8 Å². The number of ether oxygens (including phenoxy) is 4. The van der Waals surface area contributed by atoms with E-state index in [-0.39, 0.29) is 19.1 Å². The Morgan fingerprint density at radius 1 is 1.09 bits per heavy atom. The Hall–Kier alpha value is -3.72. The molecule has 9 nitrogen and oxygen atoms in total. The van der Waals surface area contributed by atoms with E-state index in [9.17, 15) is 9.90 Å². The zero-order chi connectivity index (χ0) is 22.9. The molecule has 3 aromatic rings. The van der Waals surface area contributed by atoms with Gasteiger partial charge in [0.1, 0.15) is 30.9 Å². The van der Waals surface area contributed by atoms with Gasteiger partial charge in [0.25, 0.3) is 5.91 Å². The van der Waals surface area contributed by atoms with Crippen LogP contribution in [0.25, 0.3) is 0 Å². The van der Waals surface area contributed by atoms with Gasteiger partial charge in [-0.1, -0.05) is 6.07 Å². The third-order valence-electron chi connectivity index (χ3n) is 4.71. The molecule has 0 aliphatic heterocycles. The van der Waals surface area contributed by atoms with E-state index in [2.05, 4.69) is 10.3 Å². The first-order chi connectivity index (χ1) is 15.5. The number of hydrogen-bond donors (Lipinski definition) is 2. The maximum atomic E-state index is 12.4. The van der Waals surface area contributed by atoms with Gasteiger partial charge >= 0.3 is 0 Å². The quantitative estimate of drug-likeness (QED) is 0.470. The van der Waals surface area contributed by atoms with Crippen molar-refractivity contribution < 1.29 is 28.8 Å². The second-order valence-electron chi connectivity index (χ2n) is 6.93. The van der Waals surface area contributed by atoms with Crippen LogP contribution in [0.15, 0.2) is 54.9 Å². The molecular formula is C23H27N3O6. The number of hydrogen-bond acceptors (Lipinski definition) is 7. The Kier molecular flexibility index (Phi) is 7.93. The monoisotopic (exact) mass is 441 g/mol. The Morgan fingerprint density at radius 3 is 2.38 bits per heavy atom. The van der Waals surface area contributed by atoms with Gasteiger partial charge in [0.05, 0.1) is 14.2 Å². The number of para-hydroxylation sites is 1. The maximum Gasteiger partial charge on any atom is 0.251 e. The molecule has 1 atom stereocenters. The fourth-order valence-corrected chi connectivity index (χ4v) is 2.90. The summed E-state index contributed by atoms with van der Waals surface area (Å²) in [5.41, 5.74) is 0.453. The number of benzene rings is 2. The molecule has 0 aliphatic rings. The van der Waals surface area contributed by atoms with Crippen molar-refractivity contribution in [3.05, 3.63) is 66.2 Å². The molecule has 32 heavy (non-hydrogen) atoms. The van der Waals surface area contributed by atoms with Crippen molar-refractivity contribution in [2.45, 2.75) is 12.7 Å². The van der Waals surface area contributed by atoms with E-state index >= 15 is 0 Å². The van der Waals surface area contributed by atoms with Crippen LogP contribution in [-0.4, -0.2) is 54.0 Å². The van der Waals surface area contributed by atoms with Gasteiger partial charge in [-0.3, -0.25) is 4.79 Å². The summed E-state index contributed by atoms with van der Waals surface area (Å²) in [6.45, 7) is 0.308. The number of aliphatic hydroxyl groups is 1. The number of aromatic nitrogens is 2. The highest BCUT2D eigenvalue weighted by Gasteiger charge is 2.15. The summed E-state index contributed by atoms with van der Waals surface area (Å²) in [5.74, 6) is 2.49. The maximum absolute atomic E-state index is 12.4. The number of methoxy groups -OCH3 is 2. The van der Waals surface area contributed by atoms with Crippen molar-refractivity contribution >= 4 is 5.91 Å². The molecule has 3 rings (SSSR count). The average Bonchev–Trinajstić information content (AvgIpc) is 3.24. The molecule has 2 aromatic carbocycles. The predicted octanol–water partition coefficient (Wildman–Crippen LogP) is 2.19. The number of carbonyl (C=O) groups excluding carboxylic acids is 1. The Labute approximate surface area is 186 Å². The summed E-state index contributed by atoms with van der Waals surface area (Å²) >= 11 is 0. The topological polar surface area (TPSA) is 104 Å². The van der Waals surface area contributed by atoms with Crippen LogP contribution in [0.4, 0.5) is 0 Å². The smallest absolute Gasteiger partial charge is 0.251 e. The van der Waals surface area contributed by atoms with E-state index in [1.165, 1.54) is 14.2 Å². The van der Waals surface area contributed by atoms with E-state index < -0.39 is 6.10 Å². The number of aryl methyl sites for hydroxylation is 1. The molecular weight excluding hydrogens is 414 g/mol. The van der Waals surface area contributed by atoms with Gasteiger partial charge in [0, 0.05) is 31.5 Å². The highest BCUT2D eigenvalue weighted by atomic mass is 16.5. The van der Waals surface area contributed by atoms with Crippen LogP contribution < -0.4 is 24.3 Å². The number of amides is 1. The summed E-state index contributed by atoms with van der Waals surface area (Å²) in [5, 5.41) is 12.9. The fourth-order valence-electron chi connectivity index (χ4n) is 2.90. The van der Waals surface area contributed by atoms with Crippen LogP contribution in [0, 0.1) is 0 Å². The molecule has 0 bridgehead atoms. The lowest BCUT2D eigenvalue weighted by Crippen LogP contribution is -2.35.